The Bertz CT molecular complexity index is 791. The second kappa shape index (κ2) is 9.06. The van der Waals surface area contributed by atoms with E-state index in [1.165, 1.54) is 12.1 Å². The molecule has 2 amide bonds. The second-order valence-electron chi connectivity index (χ2n) is 8.70. The molecule has 6 nitrogen and oxygen atoms in total. The molecule has 1 aromatic carbocycles. The van der Waals surface area contributed by atoms with Crippen molar-refractivity contribution in [2.45, 2.75) is 44.6 Å². The smallest absolute Gasteiger partial charge is 0.406 e. The molecule has 0 aliphatic carbocycles. The van der Waals surface area contributed by atoms with Crippen molar-refractivity contribution in [2.75, 3.05) is 32.8 Å². The highest BCUT2D eigenvalue weighted by atomic mass is 19.4. The molecule has 4 rings (SSSR count). The van der Waals surface area contributed by atoms with Crippen molar-refractivity contribution in [3.05, 3.63) is 29.8 Å². The normalized spacial score (nSPS) is 25.3. The number of ether oxygens (including phenoxy) is 2. The van der Waals surface area contributed by atoms with Crippen LogP contribution in [0.15, 0.2) is 24.3 Å². The van der Waals surface area contributed by atoms with Crippen LogP contribution in [0.2, 0.25) is 0 Å². The predicted octanol–water partition coefficient (Wildman–Crippen LogP) is 3.64. The van der Waals surface area contributed by atoms with Gasteiger partial charge in [0.05, 0.1) is 6.10 Å². The number of halogens is 3. The Morgan fingerprint density at radius 1 is 1.06 bits per heavy atom. The molecule has 0 aromatic heterocycles. The Labute approximate surface area is 179 Å². The van der Waals surface area contributed by atoms with Gasteiger partial charge in [-0.25, -0.2) is 4.79 Å². The molecule has 0 unspecified atom stereocenters. The van der Waals surface area contributed by atoms with Gasteiger partial charge in [-0.2, -0.15) is 0 Å². The molecule has 0 bridgehead atoms. The van der Waals surface area contributed by atoms with E-state index in [1.807, 2.05) is 9.80 Å². The highest BCUT2D eigenvalue weighted by Gasteiger charge is 2.38. The third kappa shape index (κ3) is 5.70. The van der Waals surface area contributed by atoms with E-state index in [4.69, 9.17) is 4.74 Å². The number of carbonyl (C=O) groups is 2. The molecule has 31 heavy (non-hydrogen) atoms. The minimum atomic E-state index is -4.68. The number of nitrogens with zero attached hydrogens (tertiary/aromatic N) is 2. The number of carbonyl (C=O) groups excluding carboxylic acids is 2. The first-order chi connectivity index (χ1) is 14.8. The lowest BCUT2D eigenvalue weighted by Crippen LogP contribution is -2.54. The molecular formula is C22H27F3N2O4. The van der Waals surface area contributed by atoms with Crippen molar-refractivity contribution in [1.29, 1.82) is 0 Å². The van der Waals surface area contributed by atoms with Crippen LogP contribution >= 0.6 is 0 Å². The lowest BCUT2D eigenvalue weighted by Gasteiger charge is -2.43. The largest absolute Gasteiger partial charge is 0.573 e. The molecule has 0 N–H and O–H groups in total. The number of urea groups is 1. The van der Waals surface area contributed by atoms with Crippen LogP contribution in [0.4, 0.5) is 18.0 Å². The lowest BCUT2D eigenvalue weighted by molar-refractivity contribution is -0.274. The van der Waals surface area contributed by atoms with Gasteiger partial charge in [0.1, 0.15) is 12.4 Å². The van der Waals surface area contributed by atoms with Gasteiger partial charge < -0.3 is 19.3 Å². The maximum absolute atomic E-state index is 12.9. The minimum Gasteiger partial charge on any atom is -0.406 e. The molecule has 3 heterocycles. The molecule has 0 saturated carbocycles. The zero-order valence-electron chi connectivity index (χ0n) is 17.3. The van der Waals surface area contributed by atoms with Gasteiger partial charge in [-0.1, -0.05) is 12.1 Å². The van der Waals surface area contributed by atoms with E-state index in [9.17, 15) is 22.8 Å². The van der Waals surface area contributed by atoms with Crippen LogP contribution in [0.1, 0.15) is 31.2 Å². The van der Waals surface area contributed by atoms with Gasteiger partial charge >= 0.3 is 12.4 Å². The zero-order valence-corrected chi connectivity index (χ0v) is 17.3. The average molecular weight is 440 g/mol. The van der Waals surface area contributed by atoms with Crippen LogP contribution in [0, 0.1) is 11.8 Å². The summed E-state index contributed by atoms with van der Waals surface area (Å²) in [7, 11) is 0. The van der Waals surface area contributed by atoms with Crippen LogP contribution in [0.5, 0.6) is 5.75 Å². The summed E-state index contributed by atoms with van der Waals surface area (Å²) in [5, 5.41) is 0. The fourth-order valence-corrected chi connectivity index (χ4v) is 4.84. The molecule has 3 aliphatic heterocycles. The first-order valence-electron chi connectivity index (χ1n) is 10.8. The first kappa shape index (κ1) is 21.9. The Morgan fingerprint density at radius 2 is 1.74 bits per heavy atom. The molecule has 0 radical (unpaired) electrons. The van der Waals surface area contributed by atoms with Gasteiger partial charge in [-0.15, -0.1) is 13.2 Å². The number of amides is 2. The topological polar surface area (TPSA) is 59.1 Å². The molecular weight excluding hydrogens is 413 g/mol. The van der Waals surface area contributed by atoms with E-state index >= 15 is 0 Å². The molecule has 0 spiro atoms. The maximum atomic E-state index is 12.9. The highest BCUT2D eigenvalue weighted by Crippen LogP contribution is 2.29. The SMILES string of the molecule is O=C1CO[C@H]2CCN(C(=O)N3CCC(Cc4ccc(OC(F)(F)F)cc4)CC3)C[C@H]2C1. The van der Waals surface area contributed by atoms with E-state index in [0.717, 1.165) is 31.2 Å². The predicted molar refractivity (Wildman–Crippen MR) is 106 cm³/mol. The van der Waals surface area contributed by atoms with Gasteiger partial charge in [0.2, 0.25) is 0 Å². The van der Waals surface area contributed by atoms with Gasteiger partial charge in [-0.05, 0) is 49.3 Å². The molecule has 2 atom stereocenters. The third-order valence-electron chi connectivity index (χ3n) is 6.45. The number of rotatable bonds is 3. The van der Waals surface area contributed by atoms with Crippen LogP contribution in [0.3, 0.4) is 0 Å². The van der Waals surface area contributed by atoms with E-state index in [2.05, 4.69) is 4.74 Å². The number of fused-ring (bicyclic) bond motifs is 1. The summed E-state index contributed by atoms with van der Waals surface area (Å²) in [5.74, 6) is 0.370. The Hall–Kier alpha value is -2.29. The number of hydrogen-bond donors (Lipinski definition) is 0. The van der Waals surface area contributed by atoms with Crippen molar-refractivity contribution in [3.8, 4) is 5.75 Å². The molecule has 9 heteroatoms. The van der Waals surface area contributed by atoms with Crippen molar-refractivity contribution in [1.82, 2.24) is 9.80 Å². The molecule has 3 saturated heterocycles. The van der Waals surface area contributed by atoms with Crippen LogP contribution in [0.25, 0.3) is 0 Å². The third-order valence-corrected chi connectivity index (χ3v) is 6.45. The number of benzene rings is 1. The number of alkyl halides is 3. The van der Waals surface area contributed by atoms with Crippen molar-refractivity contribution >= 4 is 11.8 Å². The summed E-state index contributed by atoms with van der Waals surface area (Å²) >= 11 is 0. The summed E-state index contributed by atoms with van der Waals surface area (Å²) in [6, 6.07) is 6.03. The highest BCUT2D eigenvalue weighted by molar-refractivity contribution is 5.81. The Kier molecular flexibility index (Phi) is 6.41. The number of likely N-dealkylation sites (tertiary alicyclic amines) is 2. The summed E-state index contributed by atoms with van der Waals surface area (Å²) in [5.41, 5.74) is 0.961. The summed E-state index contributed by atoms with van der Waals surface area (Å²) in [6.07, 6.45) is -0.864. The fraction of sp³-hybridized carbons (Fsp3) is 0.636. The zero-order chi connectivity index (χ0) is 22.0. The first-order valence-corrected chi connectivity index (χ1v) is 10.8. The van der Waals surface area contributed by atoms with E-state index in [-0.39, 0.29) is 36.2 Å². The number of Topliss-reactive ketones (excluding diaryl/α,β-unsaturated/α-hetero) is 1. The Balaban J connectivity index is 1.24. The summed E-state index contributed by atoms with van der Waals surface area (Å²) in [6.45, 7) is 2.75. The van der Waals surface area contributed by atoms with Gasteiger partial charge in [0, 0.05) is 38.5 Å². The lowest BCUT2D eigenvalue weighted by atomic mass is 9.88. The van der Waals surface area contributed by atoms with Crippen molar-refractivity contribution in [3.63, 3.8) is 0 Å². The van der Waals surface area contributed by atoms with E-state index in [1.54, 1.807) is 12.1 Å². The maximum Gasteiger partial charge on any atom is 0.573 e. The summed E-state index contributed by atoms with van der Waals surface area (Å²) in [4.78, 5) is 28.3. The molecule has 3 aliphatic rings. The van der Waals surface area contributed by atoms with Crippen LogP contribution < -0.4 is 4.74 Å². The molecule has 170 valence electrons. The van der Waals surface area contributed by atoms with Gasteiger partial charge in [0.25, 0.3) is 0 Å². The monoisotopic (exact) mass is 440 g/mol. The average Bonchev–Trinajstić information content (AvgIpc) is 2.73. The second-order valence-corrected chi connectivity index (χ2v) is 8.70. The van der Waals surface area contributed by atoms with Gasteiger partial charge in [-0.3, -0.25) is 4.79 Å². The Morgan fingerprint density at radius 3 is 2.42 bits per heavy atom. The minimum absolute atomic E-state index is 0.0311. The summed E-state index contributed by atoms with van der Waals surface area (Å²) < 4.78 is 46.3. The fourth-order valence-electron chi connectivity index (χ4n) is 4.84. The number of piperidine rings is 2. The molecule has 1 aromatic rings. The van der Waals surface area contributed by atoms with Crippen LogP contribution in [-0.2, 0) is 16.0 Å². The number of hydrogen-bond acceptors (Lipinski definition) is 4. The van der Waals surface area contributed by atoms with Crippen LogP contribution in [-0.4, -0.2) is 66.9 Å². The number of ketones is 1. The quantitative estimate of drug-likeness (QED) is 0.720. The molecule has 3 fully saturated rings. The van der Waals surface area contributed by atoms with E-state index in [0.29, 0.717) is 38.5 Å². The van der Waals surface area contributed by atoms with Crippen molar-refractivity contribution < 1.29 is 32.2 Å². The van der Waals surface area contributed by atoms with E-state index < -0.39 is 6.36 Å². The standard InChI is InChI=1S/C22H27F3N2O4/c23-22(24,25)31-19-3-1-15(2-4-19)11-16-5-8-26(9-6-16)21(29)27-10-7-20-17(13-27)12-18(28)14-30-20/h1-4,16-17,20H,5-14H2/t17-,20+/m1/s1. The van der Waals surface area contributed by atoms with Crippen molar-refractivity contribution in [2.24, 2.45) is 11.8 Å². The van der Waals surface area contributed by atoms with Gasteiger partial charge in [0.15, 0.2) is 5.78 Å².